The van der Waals surface area contributed by atoms with Gasteiger partial charge >= 0.3 is 0 Å². The van der Waals surface area contributed by atoms with Crippen LogP contribution in [-0.4, -0.2) is 56.1 Å². The van der Waals surface area contributed by atoms with Gasteiger partial charge in [-0.2, -0.15) is 0 Å². The molecule has 0 spiro atoms. The van der Waals surface area contributed by atoms with Gasteiger partial charge in [0.1, 0.15) is 12.7 Å². The molecule has 3 rings (SSSR count). The van der Waals surface area contributed by atoms with Crippen molar-refractivity contribution in [2.24, 2.45) is 0 Å². The number of methoxy groups -OCH3 is 1. The summed E-state index contributed by atoms with van der Waals surface area (Å²) in [5.41, 5.74) is 1.00. The smallest absolute Gasteiger partial charge is 0.166 e. The van der Waals surface area contributed by atoms with Gasteiger partial charge in [-0.25, -0.2) is 0 Å². The lowest BCUT2D eigenvalue weighted by molar-refractivity contribution is -0.0448. The number of benzene rings is 1. The quantitative estimate of drug-likeness (QED) is 0.858. The standard InChI is InChI=1S/C14H19NO4/c1-17-12-4-2-3-10-13(11(16)9-19-14(10)12)15-5-7-18-8-6-15/h2-4,11,13,16H,5-9H2,1H3. The molecule has 1 N–H and O–H groups in total. The van der Waals surface area contributed by atoms with Gasteiger partial charge in [-0.1, -0.05) is 12.1 Å². The van der Waals surface area contributed by atoms with Gasteiger partial charge < -0.3 is 19.3 Å². The molecule has 2 unspecified atom stereocenters. The Morgan fingerprint density at radius 2 is 2.11 bits per heavy atom. The number of aliphatic hydroxyl groups is 1. The first-order valence-electron chi connectivity index (χ1n) is 6.61. The molecule has 0 bridgehead atoms. The molecule has 1 aromatic rings. The minimum Gasteiger partial charge on any atom is -0.493 e. The Hall–Kier alpha value is -1.30. The highest BCUT2D eigenvalue weighted by atomic mass is 16.5. The van der Waals surface area contributed by atoms with E-state index in [1.807, 2.05) is 18.2 Å². The Bertz CT molecular complexity index is 445. The normalized spacial score (nSPS) is 27.5. The molecule has 1 fully saturated rings. The summed E-state index contributed by atoms with van der Waals surface area (Å²) in [6, 6.07) is 5.78. The average molecular weight is 265 g/mol. The fourth-order valence-electron chi connectivity index (χ4n) is 2.84. The molecule has 2 heterocycles. The Morgan fingerprint density at radius 1 is 1.32 bits per heavy atom. The summed E-state index contributed by atoms with van der Waals surface area (Å²) in [7, 11) is 1.63. The Labute approximate surface area is 112 Å². The first kappa shape index (κ1) is 12.7. The van der Waals surface area contributed by atoms with Crippen molar-refractivity contribution in [2.75, 3.05) is 40.0 Å². The molecular weight excluding hydrogens is 246 g/mol. The van der Waals surface area contributed by atoms with Crippen molar-refractivity contribution in [2.45, 2.75) is 12.1 Å². The van der Waals surface area contributed by atoms with E-state index in [9.17, 15) is 5.11 Å². The number of morpholine rings is 1. The number of hydrogen-bond acceptors (Lipinski definition) is 5. The van der Waals surface area contributed by atoms with Crippen LogP contribution in [0, 0.1) is 0 Å². The summed E-state index contributed by atoms with van der Waals surface area (Å²) in [5.74, 6) is 1.48. The molecular formula is C14H19NO4. The van der Waals surface area contributed by atoms with E-state index < -0.39 is 6.10 Å². The van der Waals surface area contributed by atoms with Crippen molar-refractivity contribution in [3.05, 3.63) is 23.8 Å². The number of rotatable bonds is 2. The van der Waals surface area contributed by atoms with Gasteiger partial charge in [0.05, 0.1) is 26.4 Å². The number of fused-ring (bicyclic) bond motifs is 1. The fourth-order valence-corrected chi connectivity index (χ4v) is 2.84. The molecule has 2 atom stereocenters. The highest BCUT2D eigenvalue weighted by Gasteiger charge is 2.36. The monoisotopic (exact) mass is 265 g/mol. The van der Waals surface area contributed by atoms with E-state index >= 15 is 0 Å². The van der Waals surface area contributed by atoms with Crippen LogP contribution in [0.15, 0.2) is 18.2 Å². The van der Waals surface area contributed by atoms with Crippen LogP contribution in [0.2, 0.25) is 0 Å². The second-order valence-electron chi connectivity index (χ2n) is 4.85. The van der Waals surface area contributed by atoms with Crippen LogP contribution in [0.1, 0.15) is 11.6 Å². The minimum absolute atomic E-state index is 0.0391. The van der Waals surface area contributed by atoms with E-state index in [-0.39, 0.29) is 6.04 Å². The van der Waals surface area contributed by atoms with E-state index in [2.05, 4.69) is 4.90 Å². The summed E-state index contributed by atoms with van der Waals surface area (Å²) in [6.07, 6.45) is -0.516. The third kappa shape index (κ3) is 2.29. The average Bonchev–Trinajstić information content (AvgIpc) is 2.47. The van der Waals surface area contributed by atoms with Gasteiger partial charge in [0, 0.05) is 18.7 Å². The van der Waals surface area contributed by atoms with Gasteiger partial charge in [0.25, 0.3) is 0 Å². The molecule has 19 heavy (non-hydrogen) atoms. The van der Waals surface area contributed by atoms with Crippen molar-refractivity contribution in [3.8, 4) is 11.5 Å². The second kappa shape index (κ2) is 5.36. The minimum atomic E-state index is -0.516. The van der Waals surface area contributed by atoms with Gasteiger partial charge in [0.15, 0.2) is 11.5 Å². The van der Waals surface area contributed by atoms with E-state index in [0.29, 0.717) is 19.8 Å². The molecule has 0 aromatic heterocycles. The van der Waals surface area contributed by atoms with Gasteiger partial charge in [-0.15, -0.1) is 0 Å². The highest BCUT2D eigenvalue weighted by molar-refractivity contribution is 5.49. The van der Waals surface area contributed by atoms with Gasteiger partial charge in [-0.05, 0) is 6.07 Å². The molecule has 0 saturated carbocycles. The summed E-state index contributed by atoms with van der Waals surface area (Å²) >= 11 is 0. The third-order valence-electron chi connectivity index (χ3n) is 3.75. The fraction of sp³-hybridized carbons (Fsp3) is 0.571. The zero-order chi connectivity index (χ0) is 13.2. The maximum absolute atomic E-state index is 10.3. The molecule has 1 saturated heterocycles. The van der Waals surface area contributed by atoms with Crippen LogP contribution in [0.25, 0.3) is 0 Å². The van der Waals surface area contributed by atoms with Crippen molar-refractivity contribution in [1.82, 2.24) is 4.90 Å². The molecule has 5 heteroatoms. The van der Waals surface area contributed by atoms with Crippen molar-refractivity contribution < 1.29 is 19.3 Å². The van der Waals surface area contributed by atoms with Crippen LogP contribution in [0.5, 0.6) is 11.5 Å². The molecule has 0 aliphatic carbocycles. The Kier molecular flexibility index (Phi) is 3.59. The van der Waals surface area contributed by atoms with Crippen LogP contribution in [0.3, 0.4) is 0 Å². The van der Waals surface area contributed by atoms with E-state index in [1.165, 1.54) is 0 Å². The number of para-hydroxylation sites is 1. The van der Waals surface area contributed by atoms with Crippen LogP contribution >= 0.6 is 0 Å². The number of nitrogens with zero attached hydrogens (tertiary/aromatic N) is 1. The highest BCUT2D eigenvalue weighted by Crippen LogP contribution is 2.41. The van der Waals surface area contributed by atoms with Crippen molar-refractivity contribution in [3.63, 3.8) is 0 Å². The molecule has 2 aliphatic rings. The third-order valence-corrected chi connectivity index (χ3v) is 3.75. The van der Waals surface area contributed by atoms with Crippen LogP contribution < -0.4 is 9.47 Å². The number of ether oxygens (including phenoxy) is 3. The maximum Gasteiger partial charge on any atom is 0.166 e. The summed E-state index contributed by atoms with van der Waals surface area (Å²) in [5, 5.41) is 10.3. The first-order chi connectivity index (χ1) is 9.31. The van der Waals surface area contributed by atoms with Crippen LogP contribution in [0.4, 0.5) is 0 Å². The van der Waals surface area contributed by atoms with Crippen molar-refractivity contribution in [1.29, 1.82) is 0 Å². The van der Waals surface area contributed by atoms with Gasteiger partial charge in [0.2, 0.25) is 0 Å². The Morgan fingerprint density at radius 3 is 2.84 bits per heavy atom. The molecule has 0 amide bonds. The summed E-state index contributed by atoms with van der Waals surface area (Å²) in [6.45, 7) is 3.39. The lowest BCUT2D eigenvalue weighted by Gasteiger charge is -2.40. The van der Waals surface area contributed by atoms with Gasteiger partial charge in [-0.3, -0.25) is 4.90 Å². The lowest BCUT2D eigenvalue weighted by atomic mass is 9.96. The van der Waals surface area contributed by atoms with E-state index in [4.69, 9.17) is 14.2 Å². The largest absolute Gasteiger partial charge is 0.493 e. The van der Waals surface area contributed by atoms with E-state index in [0.717, 1.165) is 30.2 Å². The first-order valence-corrected chi connectivity index (χ1v) is 6.61. The van der Waals surface area contributed by atoms with Crippen molar-refractivity contribution >= 4 is 0 Å². The second-order valence-corrected chi connectivity index (χ2v) is 4.85. The molecule has 5 nitrogen and oxygen atoms in total. The topological polar surface area (TPSA) is 51.2 Å². The van der Waals surface area contributed by atoms with E-state index in [1.54, 1.807) is 7.11 Å². The molecule has 2 aliphatic heterocycles. The Balaban J connectivity index is 1.96. The zero-order valence-corrected chi connectivity index (χ0v) is 11.0. The SMILES string of the molecule is COc1cccc2c1OCC(O)C2N1CCOCC1. The number of aliphatic hydroxyl groups excluding tert-OH is 1. The molecule has 104 valence electrons. The predicted octanol–water partition coefficient (Wildman–Crippen LogP) is 0.822. The summed E-state index contributed by atoms with van der Waals surface area (Å²) < 4.78 is 16.4. The lowest BCUT2D eigenvalue weighted by Crippen LogP contribution is -2.47. The zero-order valence-electron chi connectivity index (χ0n) is 11.0. The summed E-state index contributed by atoms with van der Waals surface area (Å²) in [4.78, 5) is 2.26. The molecule has 1 aromatic carbocycles. The predicted molar refractivity (Wildman–Crippen MR) is 69.6 cm³/mol. The number of hydrogen-bond donors (Lipinski definition) is 1. The van der Waals surface area contributed by atoms with Crippen LogP contribution in [-0.2, 0) is 4.74 Å². The molecule has 0 radical (unpaired) electrons. The maximum atomic E-state index is 10.3.